The van der Waals surface area contributed by atoms with Gasteiger partial charge in [-0.25, -0.2) is 17.5 Å². The van der Waals surface area contributed by atoms with Gasteiger partial charge in [0.1, 0.15) is 6.61 Å². The molecule has 1 heterocycles. The van der Waals surface area contributed by atoms with E-state index in [1.165, 1.54) is 26.2 Å². The van der Waals surface area contributed by atoms with Gasteiger partial charge >= 0.3 is 5.97 Å². The Labute approximate surface area is 181 Å². The molecular weight excluding hydrogens is 422 g/mol. The molecule has 0 bridgehead atoms. The van der Waals surface area contributed by atoms with Gasteiger partial charge in [0.05, 0.1) is 29.4 Å². The van der Waals surface area contributed by atoms with E-state index in [-0.39, 0.29) is 17.1 Å². The number of amides is 1. The Morgan fingerprint density at radius 2 is 1.84 bits per heavy atom. The monoisotopic (exact) mass is 447 g/mol. The fourth-order valence-corrected chi connectivity index (χ4v) is 4.10. The van der Waals surface area contributed by atoms with Crippen molar-refractivity contribution in [3.63, 3.8) is 0 Å². The summed E-state index contributed by atoms with van der Waals surface area (Å²) >= 11 is 0. The van der Waals surface area contributed by atoms with E-state index in [0.29, 0.717) is 43.1 Å². The van der Waals surface area contributed by atoms with E-state index >= 15 is 0 Å². The summed E-state index contributed by atoms with van der Waals surface area (Å²) in [5.74, 6) is -1.24. The first-order valence-corrected chi connectivity index (χ1v) is 11.1. The fraction of sp³-hybridized carbons (Fsp3) is 0.333. The molecule has 0 radical (unpaired) electrons. The number of morpholine rings is 1. The van der Waals surface area contributed by atoms with Crippen molar-refractivity contribution >= 4 is 27.6 Å². The molecule has 0 saturated carbocycles. The number of carbonyl (C=O) groups is 2. The number of nitrogens with two attached hydrogens (primary N) is 1. The zero-order valence-electron chi connectivity index (χ0n) is 17.4. The Kier molecular flexibility index (Phi) is 6.94. The summed E-state index contributed by atoms with van der Waals surface area (Å²) in [6, 6.07) is 10.9. The molecule has 9 nitrogen and oxygen atoms in total. The van der Waals surface area contributed by atoms with Crippen molar-refractivity contribution in [1.29, 1.82) is 0 Å². The number of hydrogen-bond donors (Lipinski definition) is 1. The van der Waals surface area contributed by atoms with E-state index in [4.69, 9.17) is 15.2 Å². The minimum atomic E-state index is -3.73. The number of nitrogens with zero attached hydrogens (tertiary/aromatic N) is 2. The summed E-state index contributed by atoms with van der Waals surface area (Å²) < 4.78 is 37.0. The molecule has 3 rings (SSSR count). The van der Waals surface area contributed by atoms with Gasteiger partial charge in [0.15, 0.2) is 0 Å². The first-order valence-electron chi connectivity index (χ1n) is 9.65. The average molecular weight is 448 g/mol. The average Bonchev–Trinajstić information content (AvgIpc) is 2.77. The van der Waals surface area contributed by atoms with Crippen LogP contribution >= 0.6 is 0 Å². The minimum Gasteiger partial charge on any atom is -0.457 e. The molecule has 31 heavy (non-hydrogen) atoms. The second-order valence-electron chi connectivity index (χ2n) is 7.21. The zero-order valence-corrected chi connectivity index (χ0v) is 18.2. The molecular formula is C21H25N3O6S. The second-order valence-corrected chi connectivity index (χ2v) is 9.36. The number of sulfonamides is 1. The van der Waals surface area contributed by atoms with Gasteiger partial charge in [0, 0.05) is 32.7 Å². The van der Waals surface area contributed by atoms with E-state index in [1.807, 2.05) is 4.90 Å². The van der Waals surface area contributed by atoms with Gasteiger partial charge < -0.3 is 20.1 Å². The molecule has 1 amide bonds. The van der Waals surface area contributed by atoms with E-state index < -0.39 is 21.9 Å². The third-order valence-electron chi connectivity index (χ3n) is 4.90. The van der Waals surface area contributed by atoms with Crippen LogP contribution < -0.4 is 10.6 Å². The molecule has 1 fully saturated rings. The van der Waals surface area contributed by atoms with Crippen LogP contribution in [0, 0.1) is 0 Å². The maximum atomic E-state index is 13.0. The van der Waals surface area contributed by atoms with Crippen LogP contribution in [0.15, 0.2) is 47.4 Å². The van der Waals surface area contributed by atoms with Crippen molar-refractivity contribution in [2.45, 2.75) is 11.5 Å². The Morgan fingerprint density at radius 3 is 2.48 bits per heavy atom. The highest BCUT2D eigenvalue weighted by molar-refractivity contribution is 7.89. The lowest BCUT2D eigenvalue weighted by Crippen LogP contribution is -2.37. The van der Waals surface area contributed by atoms with Crippen molar-refractivity contribution in [3.8, 4) is 0 Å². The Balaban J connectivity index is 1.91. The molecule has 166 valence electrons. The number of anilines is 1. The number of benzene rings is 2. The molecule has 2 N–H and O–H groups in total. The summed E-state index contributed by atoms with van der Waals surface area (Å²) in [4.78, 5) is 26.3. The lowest BCUT2D eigenvalue weighted by atomic mass is 10.1. The molecule has 1 saturated heterocycles. The number of primary amides is 1. The van der Waals surface area contributed by atoms with Crippen LogP contribution in [0.25, 0.3) is 0 Å². The Bertz CT molecular complexity index is 1080. The molecule has 0 aromatic heterocycles. The quantitative estimate of drug-likeness (QED) is 0.634. The zero-order chi connectivity index (χ0) is 22.6. The fourth-order valence-electron chi connectivity index (χ4n) is 3.17. The number of rotatable bonds is 7. The molecule has 0 atom stereocenters. The lowest BCUT2D eigenvalue weighted by molar-refractivity contribution is 0.0472. The summed E-state index contributed by atoms with van der Waals surface area (Å²) in [6.45, 7) is 2.06. The largest absolute Gasteiger partial charge is 0.457 e. The molecule has 0 unspecified atom stereocenters. The van der Waals surface area contributed by atoms with E-state index in [0.717, 1.165) is 4.31 Å². The Morgan fingerprint density at radius 1 is 1.13 bits per heavy atom. The summed E-state index contributed by atoms with van der Waals surface area (Å²) in [7, 11) is -0.881. The molecule has 0 aliphatic carbocycles. The molecule has 1 aliphatic rings. The normalized spacial score (nSPS) is 14.5. The van der Waals surface area contributed by atoms with E-state index in [1.54, 1.807) is 30.3 Å². The summed E-state index contributed by atoms with van der Waals surface area (Å²) in [6.07, 6.45) is 0. The van der Waals surface area contributed by atoms with Crippen LogP contribution in [0.2, 0.25) is 0 Å². The number of hydrogen-bond acceptors (Lipinski definition) is 7. The second kappa shape index (κ2) is 9.46. The van der Waals surface area contributed by atoms with Crippen molar-refractivity contribution in [1.82, 2.24) is 4.31 Å². The molecule has 10 heteroatoms. The highest BCUT2D eigenvalue weighted by atomic mass is 32.2. The molecule has 2 aromatic rings. The third kappa shape index (κ3) is 5.22. The van der Waals surface area contributed by atoms with E-state index in [9.17, 15) is 18.0 Å². The SMILES string of the molecule is CN(C)S(=O)(=O)c1ccc(N2CCOCC2)c(C(=O)OCc2cccc(C(N)=O)c2)c1. The number of carbonyl (C=O) groups excluding carboxylic acids is 2. The maximum Gasteiger partial charge on any atom is 0.340 e. The number of ether oxygens (including phenoxy) is 2. The number of esters is 1. The van der Waals surface area contributed by atoms with Gasteiger partial charge in [-0.1, -0.05) is 12.1 Å². The maximum absolute atomic E-state index is 13.0. The van der Waals surface area contributed by atoms with Gasteiger partial charge in [-0.2, -0.15) is 0 Å². The lowest BCUT2D eigenvalue weighted by Gasteiger charge is -2.30. The van der Waals surface area contributed by atoms with E-state index in [2.05, 4.69) is 0 Å². The molecule has 2 aromatic carbocycles. The van der Waals surface area contributed by atoms with Gasteiger partial charge in [-0.05, 0) is 35.9 Å². The topological polar surface area (TPSA) is 119 Å². The smallest absolute Gasteiger partial charge is 0.340 e. The van der Waals surface area contributed by atoms with Crippen LogP contribution in [-0.2, 0) is 26.1 Å². The highest BCUT2D eigenvalue weighted by Gasteiger charge is 2.25. The van der Waals surface area contributed by atoms with Gasteiger partial charge in [-0.15, -0.1) is 0 Å². The van der Waals surface area contributed by atoms with Crippen molar-refractivity contribution < 1.29 is 27.5 Å². The van der Waals surface area contributed by atoms with Crippen LogP contribution in [0.5, 0.6) is 0 Å². The van der Waals surface area contributed by atoms with Gasteiger partial charge in [-0.3, -0.25) is 4.79 Å². The van der Waals surface area contributed by atoms with Gasteiger partial charge in [0.25, 0.3) is 0 Å². The third-order valence-corrected chi connectivity index (χ3v) is 6.71. The van der Waals surface area contributed by atoms with Crippen LogP contribution in [0.1, 0.15) is 26.3 Å². The van der Waals surface area contributed by atoms with Crippen LogP contribution in [0.3, 0.4) is 0 Å². The Hall–Kier alpha value is -2.95. The van der Waals surface area contributed by atoms with Crippen molar-refractivity contribution in [2.75, 3.05) is 45.3 Å². The first-order chi connectivity index (χ1) is 14.7. The summed E-state index contributed by atoms with van der Waals surface area (Å²) in [5.41, 5.74) is 6.92. The predicted molar refractivity (Wildman–Crippen MR) is 114 cm³/mol. The van der Waals surface area contributed by atoms with Gasteiger partial charge in [0.2, 0.25) is 15.9 Å². The molecule has 0 spiro atoms. The van der Waals surface area contributed by atoms with Crippen molar-refractivity contribution in [3.05, 3.63) is 59.2 Å². The standard InChI is InChI=1S/C21H25N3O6S/c1-23(2)31(27,28)17-6-7-19(24-8-10-29-11-9-24)18(13-17)21(26)30-14-15-4-3-5-16(12-15)20(22)25/h3-7,12-13H,8-11,14H2,1-2H3,(H2,22,25). The molecule has 1 aliphatic heterocycles. The highest BCUT2D eigenvalue weighted by Crippen LogP contribution is 2.27. The predicted octanol–water partition coefficient (Wildman–Crippen LogP) is 1.23. The van der Waals surface area contributed by atoms with Crippen LogP contribution in [0.4, 0.5) is 5.69 Å². The first kappa shape index (κ1) is 22.7. The minimum absolute atomic E-state index is 0.00261. The summed E-state index contributed by atoms with van der Waals surface area (Å²) in [5, 5.41) is 0. The van der Waals surface area contributed by atoms with Crippen molar-refractivity contribution in [2.24, 2.45) is 5.73 Å². The van der Waals surface area contributed by atoms with Crippen LogP contribution in [-0.4, -0.2) is 65.0 Å².